The number of carbonyl (C=O) groups excluding carboxylic acids is 2. The molecule has 0 aliphatic carbocycles. The molecule has 0 spiro atoms. The van der Waals surface area contributed by atoms with Crippen LogP contribution >= 0.6 is 0 Å². The van der Waals surface area contributed by atoms with Gasteiger partial charge in [0.15, 0.2) is 5.78 Å². The Balaban J connectivity index is 2.10. The Morgan fingerprint density at radius 2 is 1.67 bits per heavy atom. The molecule has 1 heterocycles. The number of ether oxygens (including phenoxy) is 1. The van der Waals surface area contributed by atoms with Gasteiger partial charge in [0.25, 0.3) is 0 Å². The second kappa shape index (κ2) is 10.5. The number of aryl methyl sites for hydroxylation is 1. The molecular weight excluding hydrogens is 374 g/mol. The molecule has 3 aromatic rings. The van der Waals surface area contributed by atoms with E-state index < -0.39 is 0 Å². The number of rotatable bonds is 9. The van der Waals surface area contributed by atoms with Crippen molar-refractivity contribution in [3.63, 3.8) is 0 Å². The normalized spacial score (nSPS) is 10.6. The quantitative estimate of drug-likeness (QED) is 0.255. The second-order valence-electron chi connectivity index (χ2n) is 7.13. The molecule has 0 atom stereocenters. The Kier molecular flexibility index (Phi) is 7.50. The Hall–Kier alpha value is -3.27. The van der Waals surface area contributed by atoms with Crippen LogP contribution in [0.3, 0.4) is 0 Å². The van der Waals surface area contributed by atoms with Gasteiger partial charge in [0.2, 0.25) is 0 Å². The molecule has 30 heavy (non-hydrogen) atoms. The van der Waals surface area contributed by atoms with Crippen LogP contribution in [0.15, 0.2) is 66.9 Å². The van der Waals surface area contributed by atoms with E-state index in [0.717, 1.165) is 42.5 Å². The van der Waals surface area contributed by atoms with Gasteiger partial charge in [-0.15, -0.1) is 0 Å². The first-order valence-electron chi connectivity index (χ1n) is 10.5. The average Bonchev–Trinajstić information content (AvgIpc) is 2.79. The lowest BCUT2D eigenvalue weighted by atomic mass is 9.91. The summed E-state index contributed by atoms with van der Waals surface area (Å²) in [7, 11) is 0. The molecule has 1 aromatic heterocycles. The fourth-order valence-corrected chi connectivity index (χ4v) is 3.49. The van der Waals surface area contributed by atoms with E-state index in [2.05, 4.69) is 11.9 Å². The third-order valence-corrected chi connectivity index (χ3v) is 4.99. The first-order valence-corrected chi connectivity index (χ1v) is 10.5. The number of hydrogen-bond acceptors (Lipinski definition) is 4. The summed E-state index contributed by atoms with van der Waals surface area (Å²) in [5.74, 6) is -0.417. The number of esters is 1. The van der Waals surface area contributed by atoms with Crippen molar-refractivity contribution in [3.05, 3.63) is 89.2 Å². The standard InChI is InChI=1S/C26H27NO3/c1-3-5-7-15-23-24(25(28)19-11-8-6-9-12-19)22(16-17-27-23)20-13-10-14-21(18-20)26(29)30-4-2/h6,8-14,16-18H,3-5,7,15H2,1-2H3. The first kappa shape index (κ1) is 21.4. The van der Waals surface area contributed by atoms with Gasteiger partial charge in [0, 0.05) is 11.8 Å². The molecule has 4 heteroatoms. The lowest BCUT2D eigenvalue weighted by molar-refractivity contribution is 0.0526. The zero-order chi connectivity index (χ0) is 21.3. The number of carbonyl (C=O) groups is 2. The summed E-state index contributed by atoms with van der Waals surface area (Å²) in [6, 6.07) is 18.4. The van der Waals surface area contributed by atoms with E-state index in [4.69, 9.17) is 4.74 Å². The van der Waals surface area contributed by atoms with Crippen molar-refractivity contribution in [1.82, 2.24) is 4.98 Å². The lowest BCUT2D eigenvalue weighted by Gasteiger charge is -2.14. The number of hydrogen-bond donors (Lipinski definition) is 0. The number of benzene rings is 2. The molecule has 0 saturated carbocycles. The van der Waals surface area contributed by atoms with Gasteiger partial charge in [0.1, 0.15) is 0 Å². The Labute approximate surface area is 177 Å². The number of nitrogens with zero attached hydrogens (tertiary/aromatic N) is 1. The molecule has 0 saturated heterocycles. The van der Waals surface area contributed by atoms with Gasteiger partial charge in [-0.05, 0) is 49.1 Å². The van der Waals surface area contributed by atoms with Gasteiger partial charge in [-0.2, -0.15) is 0 Å². The molecule has 0 fully saturated rings. The van der Waals surface area contributed by atoms with Gasteiger partial charge >= 0.3 is 5.97 Å². The molecule has 0 radical (unpaired) electrons. The fraction of sp³-hybridized carbons (Fsp3) is 0.269. The highest BCUT2D eigenvalue weighted by molar-refractivity contribution is 6.13. The van der Waals surface area contributed by atoms with E-state index in [1.54, 1.807) is 25.3 Å². The first-order chi connectivity index (χ1) is 14.7. The van der Waals surface area contributed by atoms with Crippen LogP contribution in [0, 0.1) is 0 Å². The van der Waals surface area contributed by atoms with E-state index in [1.165, 1.54) is 0 Å². The SMILES string of the molecule is CCCCCc1nccc(-c2cccc(C(=O)OCC)c2)c1C(=O)c1ccccc1. The largest absolute Gasteiger partial charge is 0.462 e. The van der Waals surface area contributed by atoms with E-state index in [0.29, 0.717) is 23.3 Å². The molecule has 0 N–H and O–H groups in total. The highest BCUT2D eigenvalue weighted by atomic mass is 16.5. The Morgan fingerprint density at radius 1 is 0.900 bits per heavy atom. The van der Waals surface area contributed by atoms with Crippen molar-refractivity contribution in [3.8, 4) is 11.1 Å². The van der Waals surface area contributed by atoms with Crippen molar-refractivity contribution in [2.45, 2.75) is 39.5 Å². The third kappa shape index (κ3) is 5.01. The summed E-state index contributed by atoms with van der Waals surface area (Å²) in [5.41, 5.74) is 4.11. The molecule has 4 nitrogen and oxygen atoms in total. The molecule has 154 valence electrons. The van der Waals surface area contributed by atoms with E-state index >= 15 is 0 Å². The van der Waals surface area contributed by atoms with Crippen LogP contribution in [0.2, 0.25) is 0 Å². The van der Waals surface area contributed by atoms with Crippen molar-refractivity contribution >= 4 is 11.8 Å². The maximum absolute atomic E-state index is 13.5. The molecule has 0 unspecified atom stereocenters. The number of pyridine rings is 1. The zero-order valence-electron chi connectivity index (χ0n) is 17.6. The topological polar surface area (TPSA) is 56.3 Å². The van der Waals surface area contributed by atoms with Crippen molar-refractivity contribution < 1.29 is 14.3 Å². The third-order valence-electron chi connectivity index (χ3n) is 4.99. The zero-order valence-corrected chi connectivity index (χ0v) is 17.6. The van der Waals surface area contributed by atoms with Crippen molar-refractivity contribution in [1.29, 1.82) is 0 Å². The summed E-state index contributed by atoms with van der Waals surface area (Å²) in [6.07, 6.45) is 5.65. The molecule has 0 bridgehead atoms. The van der Waals surface area contributed by atoms with Crippen LogP contribution in [-0.2, 0) is 11.2 Å². The predicted octanol–water partition coefficient (Wildman–Crippen LogP) is 5.89. The second-order valence-corrected chi connectivity index (χ2v) is 7.13. The van der Waals surface area contributed by atoms with Gasteiger partial charge < -0.3 is 4.74 Å². The van der Waals surface area contributed by atoms with Gasteiger partial charge in [-0.25, -0.2) is 4.79 Å². The molecule has 0 aliphatic heterocycles. The maximum atomic E-state index is 13.5. The fourth-order valence-electron chi connectivity index (χ4n) is 3.49. The summed E-state index contributed by atoms with van der Waals surface area (Å²) >= 11 is 0. The number of unbranched alkanes of at least 4 members (excludes halogenated alkanes) is 2. The summed E-state index contributed by atoms with van der Waals surface area (Å²) in [6.45, 7) is 4.25. The van der Waals surface area contributed by atoms with Crippen LogP contribution in [0.5, 0.6) is 0 Å². The highest BCUT2D eigenvalue weighted by Crippen LogP contribution is 2.29. The van der Waals surface area contributed by atoms with Gasteiger partial charge in [0.05, 0.1) is 23.4 Å². The van der Waals surface area contributed by atoms with Gasteiger partial charge in [-0.1, -0.05) is 62.2 Å². The summed E-state index contributed by atoms with van der Waals surface area (Å²) in [4.78, 5) is 30.2. The Bertz CT molecular complexity index is 1010. The van der Waals surface area contributed by atoms with Crippen LogP contribution < -0.4 is 0 Å². The number of ketones is 1. The van der Waals surface area contributed by atoms with Crippen LogP contribution in [0.1, 0.15) is 65.1 Å². The lowest BCUT2D eigenvalue weighted by Crippen LogP contribution is -2.10. The maximum Gasteiger partial charge on any atom is 0.338 e. The van der Waals surface area contributed by atoms with E-state index in [1.807, 2.05) is 48.5 Å². The Morgan fingerprint density at radius 3 is 2.40 bits per heavy atom. The minimum atomic E-state index is -0.368. The molecule has 3 rings (SSSR count). The van der Waals surface area contributed by atoms with Crippen LogP contribution in [0.4, 0.5) is 0 Å². The van der Waals surface area contributed by atoms with Crippen molar-refractivity contribution in [2.75, 3.05) is 6.61 Å². The molecule has 2 aromatic carbocycles. The van der Waals surface area contributed by atoms with E-state index in [9.17, 15) is 9.59 Å². The van der Waals surface area contributed by atoms with E-state index in [-0.39, 0.29) is 11.8 Å². The minimum absolute atomic E-state index is 0.0493. The summed E-state index contributed by atoms with van der Waals surface area (Å²) < 4.78 is 5.14. The number of aromatic nitrogens is 1. The van der Waals surface area contributed by atoms with Crippen molar-refractivity contribution in [2.24, 2.45) is 0 Å². The predicted molar refractivity (Wildman–Crippen MR) is 119 cm³/mol. The minimum Gasteiger partial charge on any atom is -0.462 e. The highest BCUT2D eigenvalue weighted by Gasteiger charge is 2.20. The molecular formula is C26H27NO3. The molecule has 0 amide bonds. The smallest absolute Gasteiger partial charge is 0.338 e. The summed E-state index contributed by atoms with van der Waals surface area (Å²) in [5, 5.41) is 0. The monoisotopic (exact) mass is 401 g/mol. The van der Waals surface area contributed by atoms with Crippen LogP contribution in [-0.4, -0.2) is 23.3 Å². The van der Waals surface area contributed by atoms with Gasteiger partial charge in [-0.3, -0.25) is 9.78 Å². The molecule has 0 aliphatic rings. The van der Waals surface area contributed by atoms with Crippen LogP contribution in [0.25, 0.3) is 11.1 Å². The average molecular weight is 402 g/mol.